The first-order valence-electron chi connectivity index (χ1n) is 5.33. The molecule has 1 heterocycles. The van der Waals surface area contributed by atoms with Crippen molar-refractivity contribution in [1.82, 2.24) is 4.57 Å². The van der Waals surface area contributed by atoms with Crippen LogP contribution in [0.1, 0.15) is 37.2 Å². The van der Waals surface area contributed by atoms with Gasteiger partial charge in [-0.3, -0.25) is 9.59 Å². The number of pyridine rings is 1. The van der Waals surface area contributed by atoms with E-state index in [4.69, 9.17) is 5.11 Å². The molecule has 0 aliphatic rings. The molecule has 0 aliphatic heterocycles. The van der Waals surface area contributed by atoms with Crippen LogP contribution in [-0.2, 0) is 4.79 Å². The number of aliphatic carboxylic acids is 1. The average molecular weight is 223 g/mol. The van der Waals surface area contributed by atoms with Crippen LogP contribution in [0.2, 0.25) is 0 Å². The van der Waals surface area contributed by atoms with Crippen LogP contribution < -0.4 is 5.43 Å². The fourth-order valence-electron chi connectivity index (χ4n) is 2.03. The predicted molar refractivity (Wildman–Crippen MR) is 61.8 cm³/mol. The van der Waals surface area contributed by atoms with Gasteiger partial charge in [-0.1, -0.05) is 0 Å². The first-order chi connectivity index (χ1) is 7.41. The summed E-state index contributed by atoms with van der Waals surface area (Å²) in [5, 5.41) is 8.63. The minimum atomic E-state index is -0.789. The van der Waals surface area contributed by atoms with Gasteiger partial charge < -0.3 is 9.67 Å². The van der Waals surface area contributed by atoms with Crippen molar-refractivity contribution in [2.75, 3.05) is 0 Å². The van der Waals surface area contributed by atoms with Gasteiger partial charge in [-0.05, 0) is 27.2 Å². The molecule has 88 valence electrons. The Balaban J connectivity index is 2.95. The van der Waals surface area contributed by atoms with Crippen LogP contribution in [0, 0.1) is 13.8 Å². The highest BCUT2D eigenvalue weighted by Crippen LogP contribution is 2.17. The lowest BCUT2D eigenvalue weighted by Gasteiger charge is -2.21. The zero-order chi connectivity index (χ0) is 12.3. The predicted octanol–water partition coefficient (Wildman–Crippen LogP) is 1.89. The summed E-state index contributed by atoms with van der Waals surface area (Å²) in [6.45, 7) is 5.70. The summed E-state index contributed by atoms with van der Waals surface area (Å²) >= 11 is 0. The molecule has 1 unspecified atom stereocenters. The number of aryl methyl sites for hydroxylation is 2. The van der Waals surface area contributed by atoms with Crippen LogP contribution in [0.4, 0.5) is 0 Å². The van der Waals surface area contributed by atoms with E-state index in [1.807, 2.05) is 25.3 Å². The van der Waals surface area contributed by atoms with Crippen LogP contribution in [0.5, 0.6) is 0 Å². The van der Waals surface area contributed by atoms with Gasteiger partial charge in [0.25, 0.3) is 0 Å². The van der Waals surface area contributed by atoms with Crippen LogP contribution in [0.15, 0.2) is 16.9 Å². The lowest BCUT2D eigenvalue weighted by molar-refractivity contribution is -0.137. The Hall–Kier alpha value is -1.58. The third kappa shape index (κ3) is 2.95. The normalized spacial score (nSPS) is 12.4. The van der Waals surface area contributed by atoms with E-state index in [-0.39, 0.29) is 17.9 Å². The Bertz CT molecular complexity index is 422. The molecule has 4 nitrogen and oxygen atoms in total. The van der Waals surface area contributed by atoms with Crippen LogP contribution in [0.25, 0.3) is 0 Å². The van der Waals surface area contributed by atoms with Gasteiger partial charge in [0.1, 0.15) is 0 Å². The van der Waals surface area contributed by atoms with E-state index in [1.54, 1.807) is 12.1 Å². The molecule has 0 radical (unpaired) electrons. The molecular weight excluding hydrogens is 206 g/mol. The van der Waals surface area contributed by atoms with E-state index in [0.717, 1.165) is 11.4 Å². The third-order valence-corrected chi connectivity index (χ3v) is 2.68. The van der Waals surface area contributed by atoms with Crippen molar-refractivity contribution in [3.8, 4) is 0 Å². The van der Waals surface area contributed by atoms with Crippen molar-refractivity contribution in [1.29, 1.82) is 0 Å². The van der Waals surface area contributed by atoms with E-state index in [0.29, 0.717) is 6.42 Å². The maximum Gasteiger partial charge on any atom is 0.303 e. The average Bonchev–Trinajstić information content (AvgIpc) is 2.12. The topological polar surface area (TPSA) is 59.3 Å². The van der Waals surface area contributed by atoms with Crippen LogP contribution in [-0.4, -0.2) is 15.6 Å². The molecular formula is C12H17NO3. The van der Waals surface area contributed by atoms with Crippen molar-refractivity contribution >= 4 is 5.97 Å². The van der Waals surface area contributed by atoms with Crippen LogP contribution >= 0.6 is 0 Å². The molecule has 16 heavy (non-hydrogen) atoms. The van der Waals surface area contributed by atoms with Gasteiger partial charge in [0, 0.05) is 36.0 Å². The summed E-state index contributed by atoms with van der Waals surface area (Å²) in [7, 11) is 0. The number of hydrogen-bond donors (Lipinski definition) is 1. The van der Waals surface area contributed by atoms with Crippen molar-refractivity contribution in [3.63, 3.8) is 0 Å². The highest BCUT2D eigenvalue weighted by atomic mass is 16.4. The summed E-state index contributed by atoms with van der Waals surface area (Å²) in [6, 6.07) is 3.24. The Morgan fingerprint density at radius 1 is 1.38 bits per heavy atom. The largest absolute Gasteiger partial charge is 0.481 e. The molecule has 1 aromatic heterocycles. The van der Waals surface area contributed by atoms with E-state index < -0.39 is 5.97 Å². The number of nitrogens with zero attached hydrogens (tertiary/aromatic N) is 1. The highest BCUT2D eigenvalue weighted by molar-refractivity contribution is 5.66. The van der Waals surface area contributed by atoms with Gasteiger partial charge in [-0.25, -0.2) is 0 Å². The Morgan fingerprint density at radius 2 is 1.88 bits per heavy atom. The lowest BCUT2D eigenvalue weighted by atomic mass is 10.1. The van der Waals surface area contributed by atoms with Crippen molar-refractivity contribution in [2.24, 2.45) is 0 Å². The first-order valence-corrected chi connectivity index (χ1v) is 5.33. The summed E-state index contributed by atoms with van der Waals surface area (Å²) in [4.78, 5) is 21.7. The van der Waals surface area contributed by atoms with Crippen molar-refractivity contribution < 1.29 is 9.90 Å². The molecule has 0 fully saturated rings. The second-order valence-electron chi connectivity index (χ2n) is 4.13. The molecule has 0 amide bonds. The zero-order valence-corrected chi connectivity index (χ0v) is 9.86. The molecule has 1 N–H and O–H groups in total. The smallest absolute Gasteiger partial charge is 0.303 e. The summed E-state index contributed by atoms with van der Waals surface area (Å²) in [6.07, 6.45) is 0.714. The van der Waals surface area contributed by atoms with Gasteiger partial charge in [0.05, 0.1) is 0 Å². The van der Waals surface area contributed by atoms with E-state index in [2.05, 4.69) is 0 Å². The monoisotopic (exact) mass is 223 g/mol. The van der Waals surface area contributed by atoms with Gasteiger partial charge in [0.15, 0.2) is 5.43 Å². The maximum absolute atomic E-state index is 11.2. The number of carbonyl (C=O) groups is 1. The Labute approximate surface area is 94.5 Å². The molecule has 4 heteroatoms. The molecule has 0 saturated carbocycles. The molecule has 1 rings (SSSR count). The summed E-state index contributed by atoms with van der Waals surface area (Å²) in [5.41, 5.74) is 1.75. The second kappa shape index (κ2) is 4.96. The lowest BCUT2D eigenvalue weighted by Crippen LogP contribution is -2.17. The molecule has 0 aromatic carbocycles. The van der Waals surface area contributed by atoms with Gasteiger partial charge in [-0.2, -0.15) is 0 Å². The molecule has 1 atom stereocenters. The minimum Gasteiger partial charge on any atom is -0.481 e. The van der Waals surface area contributed by atoms with Crippen molar-refractivity contribution in [3.05, 3.63) is 33.7 Å². The number of hydrogen-bond acceptors (Lipinski definition) is 2. The van der Waals surface area contributed by atoms with E-state index >= 15 is 0 Å². The number of rotatable bonds is 4. The third-order valence-electron chi connectivity index (χ3n) is 2.68. The van der Waals surface area contributed by atoms with E-state index in [1.165, 1.54) is 0 Å². The van der Waals surface area contributed by atoms with E-state index in [9.17, 15) is 9.59 Å². The number of carboxylic acid groups (broad SMARTS) is 1. The maximum atomic E-state index is 11.2. The standard InChI is InChI=1S/C12H17NO3/c1-8(4-5-12(15)16)13-9(2)6-11(14)7-10(13)3/h6-8H,4-5H2,1-3H3,(H,15,16). The summed E-state index contributed by atoms with van der Waals surface area (Å²) in [5.74, 6) is -0.789. The van der Waals surface area contributed by atoms with Gasteiger partial charge in [0.2, 0.25) is 0 Å². The first kappa shape index (κ1) is 12.5. The molecule has 0 saturated heterocycles. The molecule has 0 aliphatic carbocycles. The van der Waals surface area contributed by atoms with Gasteiger partial charge in [-0.15, -0.1) is 0 Å². The van der Waals surface area contributed by atoms with Crippen LogP contribution in [0.3, 0.4) is 0 Å². The van der Waals surface area contributed by atoms with Crippen molar-refractivity contribution in [2.45, 2.75) is 39.7 Å². The minimum absolute atomic E-state index is 0.00307. The Kier molecular flexibility index (Phi) is 3.88. The Morgan fingerprint density at radius 3 is 2.31 bits per heavy atom. The molecule has 0 bridgehead atoms. The quantitative estimate of drug-likeness (QED) is 0.848. The SMILES string of the molecule is Cc1cc(=O)cc(C)n1C(C)CCC(=O)O. The second-order valence-corrected chi connectivity index (χ2v) is 4.13. The van der Waals surface area contributed by atoms with Gasteiger partial charge >= 0.3 is 5.97 Å². The number of carboxylic acids is 1. The summed E-state index contributed by atoms with van der Waals surface area (Å²) < 4.78 is 2.00. The molecule has 0 spiro atoms. The molecule has 1 aromatic rings. The zero-order valence-electron chi connectivity index (χ0n) is 9.86. The fraction of sp³-hybridized carbons (Fsp3) is 0.500. The highest BCUT2D eigenvalue weighted by Gasteiger charge is 2.10. The fourth-order valence-corrected chi connectivity index (χ4v) is 2.03. The number of aromatic nitrogens is 1.